The van der Waals surface area contributed by atoms with Crippen molar-refractivity contribution in [2.24, 2.45) is 0 Å². The zero-order valence-electron chi connectivity index (χ0n) is 22.6. The lowest BCUT2D eigenvalue weighted by Crippen LogP contribution is -2.41. The number of hydrogen-bond acceptors (Lipinski definition) is 5. The number of rotatable bonds is 5. The maximum absolute atomic E-state index is 14.6. The predicted molar refractivity (Wildman–Crippen MR) is 145 cm³/mol. The van der Waals surface area contributed by atoms with Gasteiger partial charge < -0.3 is 15.7 Å². The van der Waals surface area contributed by atoms with Gasteiger partial charge >= 0.3 is 6.18 Å². The number of nitrogens with zero attached hydrogens (tertiary/aromatic N) is 4. The summed E-state index contributed by atoms with van der Waals surface area (Å²) in [6.07, 6.45) is -1.59. The van der Waals surface area contributed by atoms with Crippen LogP contribution < -0.4 is 5.73 Å². The summed E-state index contributed by atoms with van der Waals surface area (Å²) in [6, 6.07) is 8.21. The summed E-state index contributed by atoms with van der Waals surface area (Å²) in [4.78, 5) is 23.3. The monoisotopic (exact) mass is 585 g/mol. The molecule has 1 amide bonds. The van der Waals surface area contributed by atoms with Crippen LogP contribution in [0.1, 0.15) is 73.0 Å². The van der Waals surface area contributed by atoms with Crippen LogP contribution in [0.15, 0.2) is 54.9 Å². The van der Waals surface area contributed by atoms with Crippen molar-refractivity contribution in [3.63, 3.8) is 0 Å². The van der Waals surface area contributed by atoms with Gasteiger partial charge in [-0.2, -0.15) is 13.2 Å². The van der Waals surface area contributed by atoms with E-state index in [1.54, 1.807) is 10.6 Å². The summed E-state index contributed by atoms with van der Waals surface area (Å²) in [5, 5.41) is 11.3. The SMILES string of the molecule is CC(O)(c1cccc(C(F)(F)F)c1)c1ccc(-c2nc([C@@H]3CC[C@H]4CCC(=O)N4C3)n3ccnc(N)c23)c(C(F)F)c1. The summed E-state index contributed by atoms with van der Waals surface area (Å²) in [5.74, 6) is 0.600. The van der Waals surface area contributed by atoms with Crippen LogP contribution >= 0.6 is 0 Å². The Bertz CT molecular complexity index is 1680. The summed E-state index contributed by atoms with van der Waals surface area (Å²) < 4.78 is 70.9. The molecule has 0 spiro atoms. The zero-order valence-corrected chi connectivity index (χ0v) is 22.6. The molecule has 3 atom stereocenters. The van der Waals surface area contributed by atoms with Crippen molar-refractivity contribution < 1.29 is 31.9 Å². The van der Waals surface area contributed by atoms with E-state index in [1.165, 1.54) is 31.3 Å². The third kappa shape index (κ3) is 4.67. The maximum Gasteiger partial charge on any atom is 0.416 e. The van der Waals surface area contributed by atoms with E-state index >= 15 is 0 Å². The molecule has 0 saturated carbocycles. The fourth-order valence-electron chi connectivity index (χ4n) is 6.27. The lowest BCUT2D eigenvalue weighted by Gasteiger charge is -2.34. The number of piperidine rings is 1. The van der Waals surface area contributed by atoms with Gasteiger partial charge in [0.05, 0.1) is 5.56 Å². The van der Waals surface area contributed by atoms with E-state index in [0.29, 0.717) is 24.3 Å². The number of imidazole rings is 1. The Morgan fingerprint density at radius 2 is 1.79 bits per heavy atom. The van der Waals surface area contributed by atoms with Gasteiger partial charge in [-0.15, -0.1) is 0 Å². The van der Waals surface area contributed by atoms with Gasteiger partial charge in [0, 0.05) is 48.4 Å². The molecule has 3 N–H and O–H groups in total. The van der Waals surface area contributed by atoms with Gasteiger partial charge in [0.1, 0.15) is 28.5 Å². The van der Waals surface area contributed by atoms with Crippen LogP contribution in [0.5, 0.6) is 0 Å². The fraction of sp³-hybridized carbons (Fsp3) is 0.367. The molecule has 2 aromatic carbocycles. The van der Waals surface area contributed by atoms with Crippen molar-refractivity contribution in [3.05, 3.63) is 82.9 Å². The first kappa shape index (κ1) is 28.1. The number of carbonyl (C=O) groups excluding carboxylic acids is 1. The molecule has 2 aromatic heterocycles. The molecule has 42 heavy (non-hydrogen) atoms. The molecule has 4 heterocycles. The Hall–Kier alpha value is -4.06. The van der Waals surface area contributed by atoms with Crippen molar-refractivity contribution in [2.75, 3.05) is 12.3 Å². The van der Waals surface area contributed by atoms with E-state index in [1.807, 2.05) is 4.90 Å². The first-order valence-corrected chi connectivity index (χ1v) is 13.6. The summed E-state index contributed by atoms with van der Waals surface area (Å²) in [5.41, 5.74) is 3.26. The third-order valence-corrected chi connectivity index (χ3v) is 8.55. The number of aliphatic hydroxyl groups is 1. The number of anilines is 1. The molecule has 0 radical (unpaired) electrons. The van der Waals surface area contributed by atoms with Crippen LogP contribution in [-0.4, -0.2) is 42.9 Å². The van der Waals surface area contributed by atoms with Gasteiger partial charge in [-0.05, 0) is 55.5 Å². The zero-order chi connectivity index (χ0) is 30.0. The van der Waals surface area contributed by atoms with Crippen molar-refractivity contribution in [2.45, 2.75) is 62.8 Å². The average Bonchev–Trinajstić information content (AvgIpc) is 3.53. The number of nitrogen functional groups attached to an aromatic ring is 1. The van der Waals surface area contributed by atoms with Gasteiger partial charge in [0.25, 0.3) is 6.43 Å². The summed E-state index contributed by atoms with van der Waals surface area (Å²) in [7, 11) is 0. The minimum absolute atomic E-state index is 0.0124. The van der Waals surface area contributed by atoms with Crippen molar-refractivity contribution in [1.82, 2.24) is 19.3 Å². The highest BCUT2D eigenvalue weighted by atomic mass is 19.4. The highest BCUT2D eigenvalue weighted by Crippen LogP contribution is 2.42. The highest BCUT2D eigenvalue weighted by molar-refractivity contribution is 5.87. The normalized spacial score (nSPS) is 20.8. The smallest absolute Gasteiger partial charge is 0.382 e. The van der Waals surface area contributed by atoms with Crippen molar-refractivity contribution in [3.8, 4) is 11.3 Å². The van der Waals surface area contributed by atoms with E-state index in [-0.39, 0.29) is 46.1 Å². The van der Waals surface area contributed by atoms with Crippen LogP contribution in [0.2, 0.25) is 0 Å². The molecule has 6 rings (SSSR count). The molecule has 12 heteroatoms. The van der Waals surface area contributed by atoms with E-state index in [0.717, 1.165) is 43.5 Å². The van der Waals surface area contributed by atoms with Crippen molar-refractivity contribution in [1.29, 1.82) is 0 Å². The van der Waals surface area contributed by atoms with E-state index in [2.05, 4.69) is 4.98 Å². The Labute approximate surface area is 237 Å². The van der Waals surface area contributed by atoms with E-state index in [9.17, 15) is 31.9 Å². The summed E-state index contributed by atoms with van der Waals surface area (Å²) >= 11 is 0. The molecule has 2 aliphatic heterocycles. The van der Waals surface area contributed by atoms with Crippen LogP contribution in [0.25, 0.3) is 16.8 Å². The third-order valence-electron chi connectivity index (χ3n) is 8.55. The van der Waals surface area contributed by atoms with Gasteiger partial charge in [-0.25, -0.2) is 18.7 Å². The number of benzene rings is 2. The van der Waals surface area contributed by atoms with Gasteiger partial charge in [0.2, 0.25) is 5.91 Å². The fourth-order valence-corrected chi connectivity index (χ4v) is 6.27. The Morgan fingerprint density at radius 1 is 1.05 bits per heavy atom. The topological polar surface area (TPSA) is 96.8 Å². The molecular formula is C30H28F5N5O2. The van der Waals surface area contributed by atoms with Crippen LogP contribution in [-0.2, 0) is 16.6 Å². The number of aromatic nitrogens is 3. The number of alkyl halides is 5. The average molecular weight is 586 g/mol. The maximum atomic E-state index is 14.6. The first-order valence-electron chi connectivity index (χ1n) is 13.6. The Morgan fingerprint density at radius 3 is 2.52 bits per heavy atom. The van der Waals surface area contributed by atoms with Crippen molar-refractivity contribution >= 4 is 17.2 Å². The molecule has 0 aliphatic carbocycles. The minimum Gasteiger partial charge on any atom is -0.382 e. The molecule has 0 bridgehead atoms. The van der Waals surface area contributed by atoms with E-state index < -0.39 is 29.3 Å². The van der Waals surface area contributed by atoms with Crippen LogP contribution in [0.4, 0.5) is 27.8 Å². The minimum atomic E-state index is -4.64. The largest absolute Gasteiger partial charge is 0.416 e. The second-order valence-electron chi connectivity index (χ2n) is 11.1. The lowest BCUT2D eigenvalue weighted by atomic mass is 9.85. The molecular weight excluding hydrogens is 557 g/mol. The Balaban J connectivity index is 1.45. The molecule has 4 aromatic rings. The van der Waals surface area contributed by atoms with Crippen LogP contribution in [0.3, 0.4) is 0 Å². The predicted octanol–water partition coefficient (Wildman–Crippen LogP) is 6.06. The first-order chi connectivity index (χ1) is 19.9. The van der Waals surface area contributed by atoms with E-state index in [4.69, 9.17) is 10.7 Å². The molecule has 2 fully saturated rings. The molecule has 1 unspecified atom stereocenters. The number of carbonyl (C=O) groups is 1. The van der Waals surface area contributed by atoms with Gasteiger partial charge in [-0.3, -0.25) is 9.20 Å². The number of halogens is 5. The number of fused-ring (bicyclic) bond motifs is 2. The number of amides is 1. The molecule has 2 saturated heterocycles. The second-order valence-corrected chi connectivity index (χ2v) is 11.1. The quantitative estimate of drug-likeness (QED) is 0.278. The molecule has 220 valence electrons. The molecule has 2 aliphatic rings. The molecule has 7 nitrogen and oxygen atoms in total. The lowest BCUT2D eigenvalue weighted by molar-refractivity contribution is -0.137. The second kappa shape index (κ2) is 10.0. The van der Waals surface area contributed by atoms with Crippen LogP contribution in [0, 0.1) is 0 Å². The van der Waals surface area contributed by atoms with Gasteiger partial charge in [-0.1, -0.05) is 24.3 Å². The number of hydrogen-bond donors (Lipinski definition) is 2. The highest BCUT2D eigenvalue weighted by Gasteiger charge is 2.39. The van der Waals surface area contributed by atoms with Gasteiger partial charge in [0.15, 0.2) is 0 Å². The Kier molecular flexibility index (Phi) is 6.71. The summed E-state index contributed by atoms with van der Waals surface area (Å²) in [6.45, 7) is 1.72. The standard InChI is InChI=1S/C30H28F5N5O2/c1-29(42,17-3-2-4-19(13-17)30(33,34)35)18-6-9-21(22(14-18)26(31)32)24-25-27(36)37-11-12-39(25)28(38-24)16-5-7-20-8-10-23(41)40(20)15-16/h2-4,6,9,11-14,16,20,26,42H,5,7-8,10,15H2,1H3,(H2,36,37)/t16-,20+,29?/m1/s1. The number of nitrogens with two attached hydrogens (primary N) is 1.